The lowest BCUT2D eigenvalue weighted by Gasteiger charge is -2.39. The van der Waals surface area contributed by atoms with Gasteiger partial charge in [-0.05, 0) is 24.2 Å². The minimum atomic E-state index is -0.497. The standard InChI is InChI=1S/C17H33NO2/c1-9-10-15(3,4)12-18-14(20)11-16(5,6)17(7,8)13(2)19/h9-12H2,1-8H3,(H,18,20). The third-order valence-electron chi connectivity index (χ3n) is 4.87. The van der Waals surface area contributed by atoms with Crippen molar-refractivity contribution in [2.75, 3.05) is 6.54 Å². The molecule has 0 aliphatic rings. The van der Waals surface area contributed by atoms with Crippen LogP contribution in [0.15, 0.2) is 0 Å². The van der Waals surface area contributed by atoms with E-state index in [-0.39, 0.29) is 22.5 Å². The average Bonchev–Trinajstić information content (AvgIpc) is 2.25. The van der Waals surface area contributed by atoms with Gasteiger partial charge in [0.25, 0.3) is 0 Å². The Bertz CT molecular complexity index is 354. The van der Waals surface area contributed by atoms with E-state index >= 15 is 0 Å². The van der Waals surface area contributed by atoms with Crippen molar-refractivity contribution in [1.29, 1.82) is 0 Å². The van der Waals surface area contributed by atoms with E-state index in [1.165, 1.54) is 0 Å². The molecular weight excluding hydrogens is 250 g/mol. The fraction of sp³-hybridized carbons (Fsp3) is 0.882. The third-order valence-corrected chi connectivity index (χ3v) is 4.87. The molecule has 0 heterocycles. The molecule has 0 aliphatic carbocycles. The van der Waals surface area contributed by atoms with Crippen LogP contribution in [0, 0.1) is 16.2 Å². The highest BCUT2D eigenvalue weighted by Gasteiger charge is 2.42. The Hall–Kier alpha value is -0.860. The minimum absolute atomic E-state index is 0.0357. The van der Waals surface area contributed by atoms with Gasteiger partial charge < -0.3 is 5.32 Å². The van der Waals surface area contributed by atoms with Crippen LogP contribution in [0.2, 0.25) is 0 Å². The normalized spacial score (nSPS) is 13.2. The molecule has 1 amide bonds. The summed E-state index contributed by atoms with van der Waals surface area (Å²) >= 11 is 0. The summed E-state index contributed by atoms with van der Waals surface area (Å²) in [7, 11) is 0. The molecule has 0 aromatic rings. The predicted octanol–water partition coefficient (Wildman–Crippen LogP) is 3.96. The maximum atomic E-state index is 12.2. The van der Waals surface area contributed by atoms with E-state index in [0.29, 0.717) is 13.0 Å². The van der Waals surface area contributed by atoms with Crippen molar-refractivity contribution in [3.63, 3.8) is 0 Å². The maximum absolute atomic E-state index is 12.2. The first kappa shape index (κ1) is 19.1. The second-order valence-electron chi connectivity index (χ2n) is 7.93. The van der Waals surface area contributed by atoms with Gasteiger partial charge in [0.05, 0.1) is 0 Å². The van der Waals surface area contributed by atoms with Crippen LogP contribution >= 0.6 is 0 Å². The van der Waals surface area contributed by atoms with Gasteiger partial charge in [0.2, 0.25) is 5.91 Å². The second kappa shape index (κ2) is 6.73. The fourth-order valence-electron chi connectivity index (χ4n) is 2.26. The van der Waals surface area contributed by atoms with E-state index in [0.717, 1.165) is 12.8 Å². The van der Waals surface area contributed by atoms with E-state index < -0.39 is 5.41 Å². The molecule has 0 aromatic heterocycles. The largest absolute Gasteiger partial charge is 0.356 e. The number of ketones is 1. The van der Waals surface area contributed by atoms with Crippen molar-refractivity contribution in [1.82, 2.24) is 5.32 Å². The third kappa shape index (κ3) is 5.26. The average molecular weight is 283 g/mol. The van der Waals surface area contributed by atoms with E-state index in [2.05, 4.69) is 26.1 Å². The molecule has 0 fully saturated rings. The lowest BCUT2D eigenvalue weighted by atomic mass is 9.64. The van der Waals surface area contributed by atoms with E-state index in [1.54, 1.807) is 6.92 Å². The molecule has 0 aromatic carbocycles. The lowest BCUT2D eigenvalue weighted by Crippen LogP contribution is -2.43. The predicted molar refractivity (Wildman–Crippen MR) is 84.6 cm³/mol. The molecule has 0 spiro atoms. The van der Waals surface area contributed by atoms with Crippen LogP contribution in [0.4, 0.5) is 0 Å². The van der Waals surface area contributed by atoms with Gasteiger partial charge in [0.15, 0.2) is 0 Å². The van der Waals surface area contributed by atoms with Gasteiger partial charge in [0, 0.05) is 18.4 Å². The van der Waals surface area contributed by atoms with Crippen molar-refractivity contribution < 1.29 is 9.59 Å². The summed E-state index contributed by atoms with van der Waals surface area (Å²) in [6, 6.07) is 0. The van der Waals surface area contributed by atoms with Gasteiger partial charge in [-0.25, -0.2) is 0 Å². The Labute approximate surface area is 124 Å². The topological polar surface area (TPSA) is 46.2 Å². The first-order valence-corrected chi connectivity index (χ1v) is 7.63. The Morgan fingerprint density at radius 3 is 1.90 bits per heavy atom. The van der Waals surface area contributed by atoms with E-state index in [9.17, 15) is 9.59 Å². The number of hydrogen-bond acceptors (Lipinski definition) is 2. The van der Waals surface area contributed by atoms with Crippen molar-refractivity contribution >= 4 is 11.7 Å². The van der Waals surface area contributed by atoms with Crippen LogP contribution in [-0.2, 0) is 9.59 Å². The van der Waals surface area contributed by atoms with Gasteiger partial charge in [-0.3, -0.25) is 9.59 Å². The number of carbonyl (C=O) groups excluding carboxylic acids is 2. The van der Waals surface area contributed by atoms with Gasteiger partial charge in [-0.2, -0.15) is 0 Å². The first-order chi connectivity index (χ1) is 8.85. The Kier molecular flexibility index (Phi) is 6.44. The van der Waals surface area contributed by atoms with Crippen LogP contribution < -0.4 is 5.32 Å². The molecule has 3 heteroatoms. The van der Waals surface area contributed by atoms with Crippen LogP contribution in [0.1, 0.15) is 74.7 Å². The maximum Gasteiger partial charge on any atom is 0.220 e. The van der Waals surface area contributed by atoms with Gasteiger partial charge in [0.1, 0.15) is 5.78 Å². The van der Waals surface area contributed by atoms with Crippen LogP contribution in [0.5, 0.6) is 0 Å². The molecule has 0 unspecified atom stereocenters. The summed E-state index contributed by atoms with van der Waals surface area (Å²) < 4.78 is 0. The fourth-order valence-corrected chi connectivity index (χ4v) is 2.26. The second-order valence-corrected chi connectivity index (χ2v) is 7.93. The molecule has 3 nitrogen and oxygen atoms in total. The smallest absolute Gasteiger partial charge is 0.220 e. The highest BCUT2D eigenvalue weighted by atomic mass is 16.1. The zero-order valence-electron chi connectivity index (χ0n) is 14.6. The lowest BCUT2D eigenvalue weighted by molar-refractivity contribution is -0.134. The van der Waals surface area contributed by atoms with Crippen molar-refractivity contribution in [3.05, 3.63) is 0 Å². The zero-order chi connectivity index (χ0) is 16.2. The monoisotopic (exact) mass is 283 g/mol. The summed E-state index contributed by atoms with van der Waals surface area (Å²) in [6.45, 7) is 16.6. The summed E-state index contributed by atoms with van der Waals surface area (Å²) in [4.78, 5) is 23.9. The molecule has 20 heavy (non-hydrogen) atoms. The number of carbonyl (C=O) groups is 2. The Morgan fingerprint density at radius 1 is 1.00 bits per heavy atom. The first-order valence-electron chi connectivity index (χ1n) is 7.63. The minimum Gasteiger partial charge on any atom is -0.356 e. The molecule has 0 aliphatic heterocycles. The summed E-state index contributed by atoms with van der Waals surface area (Å²) in [5.41, 5.74) is -0.717. The summed E-state index contributed by atoms with van der Waals surface area (Å²) in [6.07, 6.45) is 2.59. The highest BCUT2D eigenvalue weighted by molar-refractivity contribution is 5.84. The number of nitrogens with one attached hydrogen (secondary N) is 1. The van der Waals surface area contributed by atoms with E-state index in [4.69, 9.17) is 0 Å². The quantitative estimate of drug-likeness (QED) is 0.733. The summed E-state index contributed by atoms with van der Waals surface area (Å²) in [5, 5.41) is 3.02. The summed E-state index contributed by atoms with van der Waals surface area (Å²) in [5.74, 6) is 0.162. The van der Waals surface area contributed by atoms with Crippen LogP contribution in [0.25, 0.3) is 0 Å². The Morgan fingerprint density at radius 2 is 1.50 bits per heavy atom. The van der Waals surface area contributed by atoms with E-state index in [1.807, 2.05) is 27.7 Å². The molecule has 0 saturated carbocycles. The molecular formula is C17H33NO2. The highest BCUT2D eigenvalue weighted by Crippen LogP contribution is 2.41. The molecule has 0 saturated heterocycles. The molecule has 118 valence electrons. The molecule has 1 N–H and O–H groups in total. The molecule has 0 bridgehead atoms. The van der Waals surface area contributed by atoms with Crippen LogP contribution in [0.3, 0.4) is 0 Å². The van der Waals surface area contributed by atoms with Crippen molar-refractivity contribution in [2.24, 2.45) is 16.2 Å². The number of rotatable bonds is 8. The number of hydrogen-bond donors (Lipinski definition) is 1. The number of Topliss-reactive ketones (excluding diaryl/α,β-unsaturated/α-hetero) is 1. The van der Waals surface area contributed by atoms with Crippen molar-refractivity contribution in [3.8, 4) is 0 Å². The Balaban J connectivity index is 4.58. The molecule has 0 radical (unpaired) electrons. The van der Waals surface area contributed by atoms with Crippen molar-refractivity contribution in [2.45, 2.75) is 74.7 Å². The van der Waals surface area contributed by atoms with Crippen LogP contribution in [-0.4, -0.2) is 18.2 Å². The number of amides is 1. The molecule has 0 atom stereocenters. The zero-order valence-corrected chi connectivity index (χ0v) is 14.6. The van der Waals surface area contributed by atoms with Gasteiger partial charge in [-0.15, -0.1) is 0 Å². The van der Waals surface area contributed by atoms with Gasteiger partial charge in [-0.1, -0.05) is 54.9 Å². The SMILES string of the molecule is CCCC(C)(C)CNC(=O)CC(C)(C)C(C)(C)C(C)=O. The molecule has 0 rings (SSSR count). The van der Waals surface area contributed by atoms with Gasteiger partial charge >= 0.3 is 0 Å².